The smallest absolute Gasteiger partial charge is 0.307 e. The normalized spacial score (nSPS) is 22.4. The molecule has 0 radical (unpaired) electrons. The number of carboxylic acids is 1. The second kappa shape index (κ2) is 5.91. The maximum Gasteiger partial charge on any atom is 0.307 e. The number of furan rings is 1. The highest BCUT2D eigenvalue weighted by Crippen LogP contribution is 2.33. The van der Waals surface area contributed by atoms with Gasteiger partial charge < -0.3 is 14.4 Å². The van der Waals surface area contributed by atoms with Gasteiger partial charge in [-0.1, -0.05) is 6.42 Å². The highest BCUT2D eigenvalue weighted by molar-refractivity contribution is 5.85. The van der Waals surface area contributed by atoms with Crippen molar-refractivity contribution in [3.05, 3.63) is 24.2 Å². The van der Waals surface area contributed by atoms with Crippen molar-refractivity contribution in [1.82, 2.24) is 4.90 Å². The summed E-state index contributed by atoms with van der Waals surface area (Å²) < 4.78 is 5.24. The summed E-state index contributed by atoms with van der Waals surface area (Å²) in [4.78, 5) is 25.3. The minimum Gasteiger partial charge on any atom is -0.481 e. The molecule has 1 aromatic heterocycles. The Bertz CT molecular complexity index is 440. The molecule has 1 saturated carbocycles. The van der Waals surface area contributed by atoms with Crippen molar-refractivity contribution in [3.63, 3.8) is 0 Å². The molecule has 2 rings (SSSR count). The third-order valence-corrected chi connectivity index (χ3v) is 3.77. The fraction of sp³-hybridized carbons (Fsp3) is 0.571. The van der Waals surface area contributed by atoms with Crippen LogP contribution < -0.4 is 0 Å². The number of nitrogens with zero attached hydrogens (tertiary/aromatic N) is 1. The molecule has 1 N–H and O–H groups in total. The molecule has 2 atom stereocenters. The number of carbonyl (C=O) groups excluding carboxylic acids is 1. The summed E-state index contributed by atoms with van der Waals surface area (Å²) >= 11 is 0. The van der Waals surface area contributed by atoms with E-state index in [4.69, 9.17) is 9.52 Å². The maximum atomic E-state index is 12.4. The third-order valence-electron chi connectivity index (χ3n) is 3.77. The van der Waals surface area contributed by atoms with Crippen molar-refractivity contribution < 1.29 is 19.1 Å². The van der Waals surface area contributed by atoms with Gasteiger partial charge >= 0.3 is 5.97 Å². The van der Waals surface area contributed by atoms with E-state index in [0.717, 1.165) is 12.2 Å². The number of amides is 1. The molecular formula is C14H19NO4. The number of carbonyl (C=O) groups is 2. The molecule has 1 heterocycles. The van der Waals surface area contributed by atoms with E-state index in [0.29, 0.717) is 25.9 Å². The van der Waals surface area contributed by atoms with Crippen LogP contribution in [0.2, 0.25) is 0 Å². The van der Waals surface area contributed by atoms with Crippen molar-refractivity contribution in [3.8, 4) is 0 Å². The Morgan fingerprint density at radius 3 is 2.74 bits per heavy atom. The van der Waals surface area contributed by atoms with Crippen LogP contribution in [0.15, 0.2) is 22.8 Å². The van der Waals surface area contributed by atoms with Gasteiger partial charge in [0.05, 0.1) is 24.6 Å². The molecule has 19 heavy (non-hydrogen) atoms. The van der Waals surface area contributed by atoms with E-state index in [2.05, 4.69) is 0 Å². The van der Waals surface area contributed by atoms with Crippen LogP contribution in [0, 0.1) is 11.8 Å². The number of hydrogen-bond donors (Lipinski definition) is 1. The van der Waals surface area contributed by atoms with Gasteiger partial charge in [0, 0.05) is 6.54 Å². The van der Waals surface area contributed by atoms with Gasteiger partial charge in [0.25, 0.3) is 0 Å². The van der Waals surface area contributed by atoms with Crippen LogP contribution in [0.5, 0.6) is 0 Å². The van der Waals surface area contributed by atoms with Crippen LogP contribution in [0.25, 0.3) is 0 Å². The molecule has 0 aromatic carbocycles. The average Bonchev–Trinajstić information content (AvgIpc) is 3.05. The number of rotatable bonds is 5. The summed E-state index contributed by atoms with van der Waals surface area (Å²) in [5.41, 5.74) is 0. The first-order valence-corrected chi connectivity index (χ1v) is 6.67. The molecule has 0 saturated heterocycles. The van der Waals surface area contributed by atoms with Crippen molar-refractivity contribution in [2.75, 3.05) is 6.54 Å². The summed E-state index contributed by atoms with van der Waals surface area (Å²) in [7, 11) is 0. The van der Waals surface area contributed by atoms with E-state index in [-0.39, 0.29) is 11.8 Å². The zero-order valence-electron chi connectivity index (χ0n) is 11.0. The van der Waals surface area contributed by atoms with Gasteiger partial charge in [-0.3, -0.25) is 9.59 Å². The lowest BCUT2D eigenvalue weighted by atomic mass is 9.94. The monoisotopic (exact) mass is 265 g/mol. The average molecular weight is 265 g/mol. The predicted molar refractivity (Wildman–Crippen MR) is 68.3 cm³/mol. The van der Waals surface area contributed by atoms with Gasteiger partial charge in [-0.2, -0.15) is 0 Å². The standard InChI is InChI=1S/C14H19NO4/c1-2-15(9-10-5-4-8-19-10)13(16)11-6-3-7-12(11)14(17)18/h4-5,8,11-12H,2-3,6-7,9H2,1H3,(H,17,18). The molecule has 0 spiro atoms. The Morgan fingerprint density at radius 1 is 1.42 bits per heavy atom. The molecule has 1 aliphatic rings. The Balaban J connectivity index is 2.05. The highest BCUT2D eigenvalue weighted by atomic mass is 16.4. The summed E-state index contributed by atoms with van der Waals surface area (Å²) in [6.07, 6.45) is 3.66. The van der Waals surface area contributed by atoms with Crippen molar-refractivity contribution in [2.45, 2.75) is 32.7 Å². The molecule has 5 heteroatoms. The van der Waals surface area contributed by atoms with Crippen molar-refractivity contribution >= 4 is 11.9 Å². The van der Waals surface area contributed by atoms with Crippen LogP contribution in [0.4, 0.5) is 0 Å². The van der Waals surface area contributed by atoms with Crippen LogP contribution >= 0.6 is 0 Å². The van der Waals surface area contributed by atoms with Crippen LogP contribution in [0.1, 0.15) is 31.9 Å². The minimum atomic E-state index is -0.857. The first kappa shape index (κ1) is 13.6. The summed E-state index contributed by atoms with van der Waals surface area (Å²) in [5, 5.41) is 9.15. The first-order valence-electron chi connectivity index (χ1n) is 6.67. The summed E-state index contributed by atoms with van der Waals surface area (Å²) in [6, 6.07) is 3.60. The van der Waals surface area contributed by atoms with Crippen LogP contribution in [0.3, 0.4) is 0 Å². The first-order chi connectivity index (χ1) is 9.13. The largest absolute Gasteiger partial charge is 0.481 e. The molecule has 0 aliphatic heterocycles. The molecule has 1 aromatic rings. The molecule has 5 nitrogen and oxygen atoms in total. The number of carboxylic acid groups (broad SMARTS) is 1. The molecular weight excluding hydrogens is 246 g/mol. The highest BCUT2D eigenvalue weighted by Gasteiger charge is 2.39. The van der Waals surface area contributed by atoms with Gasteiger partial charge in [-0.05, 0) is 31.9 Å². The summed E-state index contributed by atoms with van der Waals surface area (Å²) in [5.74, 6) is -1.11. The zero-order chi connectivity index (χ0) is 13.8. The Kier molecular flexibility index (Phi) is 4.24. The van der Waals surface area contributed by atoms with Gasteiger partial charge in [0.1, 0.15) is 5.76 Å². The lowest BCUT2D eigenvalue weighted by Gasteiger charge is -2.25. The zero-order valence-corrected chi connectivity index (χ0v) is 11.0. The Morgan fingerprint density at radius 2 is 2.16 bits per heavy atom. The van der Waals surface area contributed by atoms with E-state index in [1.807, 2.05) is 13.0 Å². The third kappa shape index (κ3) is 2.97. The van der Waals surface area contributed by atoms with Gasteiger partial charge in [0.15, 0.2) is 0 Å². The van der Waals surface area contributed by atoms with Crippen LogP contribution in [-0.4, -0.2) is 28.4 Å². The van der Waals surface area contributed by atoms with Gasteiger partial charge in [-0.25, -0.2) is 0 Å². The molecule has 1 aliphatic carbocycles. The molecule has 1 amide bonds. The Hall–Kier alpha value is -1.78. The summed E-state index contributed by atoms with van der Waals surface area (Å²) in [6.45, 7) is 2.86. The molecule has 2 unspecified atom stereocenters. The molecule has 0 bridgehead atoms. The van der Waals surface area contributed by atoms with Crippen LogP contribution in [-0.2, 0) is 16.1 Å². The van der Waals surface area contributed by atoms with Crippen molar-refractivity contribution in [1.29, 1.82) is 0 Å². The van der Waals surface area contributed by atoms with Gasteiger partial charge in [0.2, 0.25) is 5.91 Å². The second-order valence-corrected chi connectivity index (χ2v) is 4.91. The van der Waals surface area contributed by atoms with Crippen molar-refractivity contribution in [2.24, 2.45) is 11.8 Å². The maximum absolute atomic E-state index is 12.4. The van der Waals surface area contributed by atoms with E-state index < -0.39 is 11.9 Å². The number of aliphatic carboxylic acids is 1. The number of hydrogen-bond acceptors (Lipinski definition) is 3. The van der Waals surface area contributed by atoms with E-state index in [9.17, 15) is 9.59 Å². The van der Waals surface area contributed by atoms with E-state index in [1.54, 1.807) is 17.2 Å². The topological polar surface area (TPSA) is 70.8 Å². The molecule has 104 valence electrons. The second-order valence-electron chi connectivity index (χ2n) is 4.91. The fourth-order valence-corrected chi connectivity index (χ4v) is 2.72. The predicted octanol–water partition coefficient (Wildman–Crippen LogP) is 2.13. The quantitative estimate of drug-likeness (QED) is 0.885. The van der Waals surface area contributed by atoms with E-state index in [1.165, 1.54) is 0 Å². The SMILES string of the molecule is CCN(Cc1ccco1)C(=O)C1CCCC1C(=O)O. The van der Waals surface area contributed by atoms with Gasteiger partial charge in [-0.15, -0.1) is 0 Å². The minimum absolute atomic E-state index is 0.0659. The molecule has 1 fully saturated rings. The van der Waals surface area contributed by atoms with E-state index >= 15 is 0 Å². The fourth-order valence-electron chi connectivity index (χ4n) is 2.72. The lowest BCUT2D eigenvalue weighted by molar-refractivity contribution is -0.149. The Labute approximate surface area is 112 Å². The lowest BCUT2D eigenvalue weighted by Crippen LogP contribution is -2.38.